The number of benzene rings is 1. The monoisotopic (exact) mass is 382 g/mol. The minimum absolute atomic E-state index is 0.00140. The zero-order valence-electron chi connectivity index (χ0n) is 14.3. The molecule has 148 valence electrons. The van der Waals surface area contributed by atoms with Crippen molar-refractivity contribution >= 4 is 23.7 Å². The van der Waals surface area contributed by atoms with Crippen molar-refractivity contribution < 1.29 is 34.5 Å². The van der Waals surface area contributed by atoms with Gasteiger partial charge < -0.3 is 37.4 Å². The Morgan fingerprint density at radius 2 is 1.56 bits per heavy atom. The van der Waals surface area contributed by atoms with Crippen LogP contribution in [-0.4, -0.2) is 63.7 Å². The summed E-state index contributed by atoms with van der Waals surface area (Å²) in [5.74, 6) is -4.10. The lowest BCUT2D eigenvalue weighted by atomic mass is 10.0. The molecule has 9 N–H and O–H groups in total. The number of hydrogen-bond donors (Lipinski definition) is 7. The number of rotatable bonds is 10. The predicted octanol–water partition coefficient (Wildman–Crippen LogP) is -2.82. The molecule has 0 saturated carbocycles. The minimum Gasteiger partial charge on any atom is -0.508 e. The van der Waals surface area contributed by atoms with Gasteiger partial charge in [0, 0.05) is 6.42 Å². The van der Waals surface area contributed by atoms with E-state index in [2.05, 4.69) is 10.6 Å². The maximum absolute atomic E-state index is 12.5. The van der Waals surface area contributed by atoms with E-state index < -0.39 is 54.8 Å². The maximum atomic E-state index is 12.5. The number of amides is 3. The molecule has 11 nitrogen and oxygen atoms in total. The molecule has 0 radical (unpaired) electrons. The quantitative estimate of drug-likeness (QED) is 0.224. The van der Waals surface area contributed by atoms with Gasteiger partial charge in [-0.3, -0.25) is 14.4 Å². The molecule has 0 aliphatic carbocycles. The lowest BCUT2D eigenvalue weighted by molar-refractivity contribution is -0.143. The van der Waals surface area contributed by atoms with E-state index in [0.29, 0.717) is 5.56 Å². The van der Waals surface area contributed by atoms with Gasteiger partial charge in [-0.25, -0.2) is 4.79 Å². The first-order valence-corrected chi connectivity index (χ1v) is 7.90. The van der Waals surface area contributed by atoms with Gasteiger partial charge in [0.25, 0.3) is 0 Å². The number of aliphatic carboxylic acids is 1. The summed E-state index contributed by atoms with van der Waals surface area (Å²) in [6.07, 6.45) is -0.685. The molecule has 0 spiro atoms. The smallest absolute Gasteiger partial charge is 0.326 e. The Morgan fingerprint density at radius 3 is 2.04 bits per heavy atom. The van der Waals surface area contributed by atoms with Gasteiger partial charge >= 0.3 is 5.97 Å². The molecular weight excluding hydrogens is 360 g/mol. The first-order valence-electron chi connectivity index (χ1n) is 7.90. The van der Waals surface area contributed by atoms with E-state index in [-0.39, 0.29) is 12.2 Å². The molecule has 0 heterocycles. The summed E-state index contributed by atoms with van der Waals surface area (Å²) in [6.45, 7) is -0.654. The van der Waals surface area contributed by atoms with E-state index in [1.54, 1.807) is 0 Å². The van der Waals surface area contributed by atoms with Crippen LogP contribution in [0.15, 0.2) is 24.3 Å². The normalized spacial score (nSPS) is 13.9. The van der Waals surface area contributed by atoms with E-state index in [0.717, 1.165) is 0 Å². The van der Waals surface area contributed by atoms with Gasteiger partial charge in [-0.2, -0.15) is 0 Å². The highest BCUT2D eigenvalue weighted by Gasteiger charge is 2.29. The van der Waals surface area contributed by atoms with Crippen molar-refractivity contribution in [2.75, 3.05) is 6.61 Å². The summed E-state index contributed by atoms with van der Waals surface area (Å²) >= 11 is 0. The summed E-state index contributed by atoms with van der Waals surface area (Å²) in [5, 5.41) is 31.8. The molecule has 0 aromatic heterocycles. The predicted molar refractivity (Wildman–Crippen MR) is 92.2 cm³/mol. The Labute approximate surface area is 154 Å². The van der Waals surface area contributed by atoms with Crippen LogP contribution in [0.4, 0.5) is 0 Å². The third-order valence-corrected chi connectivity index (χ3v) is 3.56. The molecule has 0 saturated heterocycles. The molecule has 11 heteroatoms. The van der Waals surface area contributed by atoms with Crippen LogP contribution in [-0.2, 0) is 25.6 Å². The molecule has 1 rings (SSSR count). The van der Waals surface area contributed by atoms with Crippen molar-refractivity contribution in [2.24, 2.45) is 11.5 Å². The van der Waals surface area contributed by atoms with Crippen molar-refractivity contribution in [1.29, 1.82) is 0 Å². The standard InChI is InChI=1S/C16H22N4O7/c17-10(7-21)14(24)19-11(5-8-1-3-9(22)4-2-8)15(25)20-12(16(26)27)6-13(18)23/h1-4,10-12,21-22H,5-7,17H2,(H2,18,23)(H,19,24)(H,20,25)(H,26,27)/t10-,11-,12-/m0/s1. The number of primary amides is 1. The van der Waals surface area contributed by atoms with Crippen LogP contribution in [0.2, 0.25) is 0 Å². The van der Waals surface area contributed by atoms with Crippen LogP contribution < -0.4 is 22.1 Å². The Morgan fingerprint density at radius 1 is 1.00 bits per heavy atom. The number of aromatic hydroxyl groups is 1. The maximum Gasteiger partial charge on any atom is 0.326 e. The molecule has 0 fully saturated rings. The second-order valence-corrected chi connectivity index (χ2v) is 5.79. The zero-order chi connectivity index (χ0) is 20.6. The Bertz CT molecular complexity index is 693. The van der Waals surface area contributed by atoms with Crippen LogP contribution in [0.3, 0.4) is 0 Å². The van der Waals surface area contributed by atoms with Crippen LogP contribution >= 0.6 is 0 Å². The van der Waals surface area contributed by atoms with Gasteiger partial charge in [-0.15, -0.1) is 0 Å². The first kappa shape index (κ1) is 21.9. The Kier molecular flexibility index (Phi) is 8.17. The average Bonchev–Trinajstić information content (AvgIpc) is 2.60. The SMILES string of the molecule is NC(=O)C[C@H](NC(=O)[C@H](Cc1ccc(O)cc1)NC(=O)[C@@H](N)CO)C(=O)O. The molecule has 3 amide bonds. The number of carboxylic acid groups (broad SMARTS) is 1. The van der Waals surface area contributed by atoms with E-state index in [1.807, 2.05) is 0 Å². The number of carbonyl (C=O) groups excluding carboxylic acids is 3. The van der Waals surface area contributed by atoms with E-state index >= 15 is 0 Å². The number of aliphatic hydroxyl groups is 1. The molecule has 27 heavy (non-hydrogen) atoms. The van der Waals surface area contributed by atoms with Crippen molar-refractivity contribution in [3.05, 3.63) is 29.8 Å². The largest absolute Gasteiger partial charge is 0.508 e. The van der Waals surface area contributed by atoms with Crippen LogP contribution in [0, 0.1) is 0 Å². The van der Waals surface area contributed by atoms with Crippen molar-refractivity contribution in [2.45, 2.75) is 31.0 Å². The third kappa shape index (κ3) is 7.30. The van der Waals surface area contributed by atoms with Crippen LogP contribution in [0.1, 0.15) is 12.0 Å². The van der Waals surface area contributed by atoms with Crippen molar-refractivity contribution in [3.63, 3.8) is 0 Å². The van der Waals surface area contributed by atoms with Gasteiger partial charge in [-0.05, 0) is 17.7 Å². The Hall–Kier alpha value is -3.18. The van der Waals surface area contributed by atoms with E-state index in [4.69, 9.17) is 21.7 Å². The number of phenolic OH excluding ortho intramolecular Hbond substituents is 1. The fourth-order valence-corrected chi connectivity index (χ4v) is 2.11. The molecule has 0 aliphatic rings. The highest BCUT2D eigenvalue weighted by Crippen LogP contribution is 2.12. The zero-order valence-corrected chi connectivity index (χ0v) is 14.3. The summed E-state index contributed by atoms with van der Waals surface area (Å²) in [6, 6.07) is 1.67. The number of hydrogen-bond acceptors (Lipinski definition) is 7. The lowest BCUT2D eigenvalue weighted by Gasteiger charge is -2.22. The Balaban J connectivity index is 2.97. The number of nitrogens with one attached hydrogen (secondary N) is 2. The van der Waals surface area contributed by atoms with Crippen LogP contribution in [0.5, 0.6) is 5.75 Å². The summed E-state index contributed by atoms with van der Waals surface area (Å²) in [7, 11) is 0. The first-order chi connectivity index (χ1) is 12.6. The second-order valence-electron chi connectivity index (χ2n) is 5.79. The topological polar surface area (TPSA) is 205 Å². The number of nitrogens with two attached hydrogens (primary N) is 2. The van der Waals surface area contributed by atoms with Gasteiger partial charge in [-0.1, -0.05) is 12.1 Å². The average molecular weight is 382 g/mol. The van der Waals surface area contributed by atoms with Crippen molar-refractivity contribution in [3.8, 4) is 5.75 Å². The third-order valence-electron chi connectivity index (χ3n) is 3.56. The highest BCUT2D eigenvalue weighted by atomic mass is 16.4. The van der Waals surface area contributed by atoms with Crippen LogP contribution in [0.25, 0.3) is 0 Å². The van der Waals surface area contributed by atoms with Crippen molar-refractivity contribution in [1.82, 2.24) is 10.6 Å². The number of aliphatic hydroxyl groups excluding tert-OH is 1. The second kappa shape index (κ2) is 10.1. The minimum atomic E-state index is -1.57. The van der Waals surface area contributed by atoms with Gasteiger partial charge in [0.15, 0.2) is 0 Å². The lowest BCUT2D eigenvalue weighted by Crippen LogP contribution is -2.56. The summed E-state index contributed by atoms with van der Waals surface area (Å²) < 4.78 is 0. The fourth-order valence-electron chi connectivity index (χ4n) is 2.11. The highest BCUT2D eigenvalue weighted by molar-refractivity contribution is 5.93. The molecule has 1 aromatic rings. The molecule has 3 atom stereocenters. The summed E-state index contributed by atoms with van der Waals surface area (Å²) in [4.78, 5) is 46.5. The molecule has 0 bridgehead atoms. The number of carbonyl (C=O) groups is 4. The molecule has 0 unspecified atom stereocenters. The summed E-state index contributed by atoms with van der Waals surface area (Å²) in [5.41, 5.74) is 10.9. The van der Waals surface area contributed by atoms with E-state index in [9.17, 15) is 24.3 Å². The molecule has 0 aliphatic heterocycles. The van der Waals surface area contributed by atoms with Gasteiger partial charge in [0.05, 0.1) is 13.0 Å². The molecule has 1 aromatic carbocycles. The van der Waals surface area contributed by atoms with Gasteiger partial charge in [0.1, 0.15) is 23.9 Å². The van der Waals surface area contributed by atoms with Gasteiger partial charge in [0.2, 0.25) is 17.7 Å². The fraction of sp³-hybridized carbons (Fsp3) is 0.375. The number of carboxylic acids is 1. The van der Waals surface area contributed by atoms with E-state index in [1.165, 1.54) is 24.3 Å². The molecular formula is C16H22N4O7. The number of phenols is 1.